The van der Waals surface area contributed by atoms with Crippen molar-refractivity contribution in [2.45, 2.75) is 13.1 Å². The molecule has 0 aliphatic rings. The van der Waals surface area contributed by atoms with Gasteiger partial charge >= 0.3 is 6.18 Å². The zero-order chi connectivity index (χ0) is 14.2. The number of rotatable bonds is 1. The van der Waals surface area contributed by atoms with Gasteiger partial charge in [0.05, 0.1) is 11.8 Å². The van der Waals surface area contributed by atoms with Gasteiger partial charge in [-0.15, -0.1) is 0 Å². The lowest BCUT2D eigenvalue weighted by Gasteiger charge is -2.14. The van der Waals surface area contributed by atoms with Gasteiger partial charge in [0.25, 0.3) is 0 Å². The summed E-state index contributed by atoms with van der Waals surface area (Å²) in [7, 11) is 0. The van der Waals surface area contributed by atoms with E-state index >= 15 is 0 Å². The van der Waals surface area contributed by atoms with Gasteiger partial charge in [0.1, 0.15) is 11.6 Å². The maximum Gasteiger partial charge on any atom is 0.417 e. The van der Waals surface area contributed by atoms with Crippen molar-refractivity contribution in [3.63, 3.8) is 0 Å². The molecule has 2 aromatic rings. The van der Waals surface area contributed by atoms with E-state index in [2.05, 4.69) is 4.98 Å². The Bertz CT molecular complexity index is 619. The van der Waals surface area contributed by atoms with Crippen LogP contribution in [0.1, 0.15) is 11.1 Å². The molecule has 2 rings (SSSR count). The predicted octanol–water partition coefficient (Wildman–Crippen LogP) is 4.35. The minimum atomic E-state index is -4.73. The van der Waals surface area contributed by atoms with Gasteiger partial charge in [0.15, 0.2) is 0 Å². The van der Waals surface area contributed by atoms with Crippen molar-refractivity contribution in [1.29, 1.82) is 0 Å². The zero-order valence-corrected chi connectivity index (χ0v) is 9.72. The SMILES string of the molecule is Cc1cc(-c2cncc(F)c2)c(C(F)(F)F)cc1F. The fraction of sp³-hybridized carbons (Fsp3) is 0.154. The molecule has 0 aliphatic heterocycles. The Morgan fingerprint density at radius 1 is 1.00 bits per heavy atom. The Morgan fingerprint density at radius 2 is 1.68 bits per heavy atom. The molecule has 0 saturated heterocycles. The van der Waals surface area contributed by atoms with Crippen molar-refractivity contribution in [2.24, 2.45) is 0 Å². The van der Waals surface area contributed by atoms with E-state index in [9.17, 15) is 22.0 Å². The van der Waals surface area contributed by atoms with Gasteiger partial charge in [-0.2, -0.15) is 13.2 Å². The third-order valence-corrected chi connectivity index (χ3v) is 2.62. The van der Waals surface area contributed by atoms with E-state index in [0.29, 0.717) is 6.07 Å². The summed E-state index contributed by atoms with van der Waals surface area (Å²) in [5.74, 6) is -1.71. The van der Waals surface area contributed by atoms with E-state index in [-0.39, 0.29) is 16.7 Å². The molecule has 0 radical (unpaired) electrons. The average Bonchev–Trinajstić information content (AvgIpc) is 2.30. The van der Waals surface area contributed by atoms with Gasteiger partial charge in [-0.25, -0.2) is 8.78 Å². The normalized spacial score (nSPS) is 11.7. The van der Waals surface area contributed by atoms with Crippen LogP contribution in [0.15, 0.2) is 30.6 Å². The van der Waals surface area contributed by atoms with Crippen molar-refractivity contribution >= 4 is 0 Å². The number of aryl methyl sites for hydroxylation is 1. The summed E-state index contributed by atoms with van der Waals surface area (Å²) >= 11 is 0. The third-order valence-electron chi connectivity index (χ3n) is 2.62. The van der Waals surface area contributed by atoms with Crippen molar-refractivity contribution in [2.75, 3.05) is 0 Å². The van der Waals surface area contributed by atoms with Crippen LogP contribution in [0, 0.1) is 18.6 Å². The molecule has 1 nitrogen and oxygen atoms in total. The van der Waals surface area contributed by atoms with Crippen LogP contribution >= 0.6 is 0 Å². The van der Waals surface area contributed by atoms with Crippen molar-refractivity contribution in [3.8, 4) is 11.1 Å². The first-order valence-corrected chi connectivity index (χ1v) is 5.27. The monoisotopic (exact) mass is 273 g/mol. The molecule has 0 saturated carbocycles. The second kappa shape index (κ2) is 4.60. The first-order chi connectivity index (χ1) is 8.79. The molecule has 6 heteroatoms. The molecule has 19 heavy (non-hydrogen) atoms. The Kier molecular flexibility index (Phi) is 3.26. The lowest BCUT2D eigenvalue weighted by Crippen LogP contribution is -2.08. The highest BCUT2D eigenvalue weighted by Gasteiger charge is 2.34. The summed E-state index contributed by atoms with van der Waals surface area (Å²) < 4.78 is 64.9. The standard InChI is InChI=1S/C13H8F5N/c1-7-2-10(8-3-9(14)6-19-5-8)11(4-12(7)15)13(16,17)18/h2-6H,1H3. The Morgan fingerprint density at radius 3 is 2.26 bits per heavy atom. The number of alkyl halides is 3. The second-order valence-corrected chi connectivity index (χ2v) is 4.04. The van der Waals surface area contributed by atoms with Gasteiger partial charge in [-0.05, 0) is 36.2 Å². The minimum absolute atomic E-state index is 0.0459. The van der Waals surface area contributed by atoms with Crippen LogP contribution in [0.25, 0.3) is 11.1 Å². The van der Waals surface area contributed by atoms with Crippen molar-refractivity contribution in [1.82, 2.24) is 4.98 Å². The Hall–Kier alpha value is -1.98. The third kappa shape index (κ3) is 2.72. The molecule has 100 valence electrons. The highest BCUT2D eigenvalue weighted by atomic mass is 19.4. The molecular weight excluding hydrogens is 265 g/mol. The average molecular weight is 273 g/mol. The molecule has 0 aliphatic carbocycles. The van der Waals surface area contributed by atoms with Crippen LogP contribution in [0.4, 0.5) is 22.0 Å². The first kappa shape index (κ1) is 13.5. The summed E-state index contributed by atoms with van der Waals surface area (Å²) in [4.78, 5) is 3.50. The zero-order valence-electron chi connectivity index (χ0n) is 9.72. The van der Waals surface area contributed by atoms with E-state index in [1.807, 2.05) is 0 Å². The maximum atomic E-state index is 13.3. The van der Waals surface area contributed by atoms with E-state index < -0.39 is 23.4 Å². The molecule has 0 atom stereocenters. The summed E-state index contributed by atoms with van der Waals surface area (Å²) in [6, 6.07) is 2.37. The summed E-state index contributed by atoms with van der Waals surface area (Å²) in [6.45, 7) is 1.34. The molecular formula is C13H8F5N. The van der Waals surface area contributed by atoms with Crippen LogP contribution < -0.4 is 0 Å². The van der Waals surface area contributed by atoms with Crippen LogP contribution in [0.3, 0.4) is 0 Å². The lowest BCUT2D eigenvalue weighted by molar-refractivity contribution is -0.137. The van der Waals surface area contributed by atoms with Gasteiger partial charge in [-0.1, -0.05) is 0 Å². The Labute approximate surface area is 105 Å². The molecule has 0 amide bonds. The maximum absolute atomic E-state index is 13.3. The minimum Gasteiger partial charge on any atom is -0.261 e. The van der Waals surface area contributed by atoms with Gasteiger partial charge in [-0.3, -0.25) is 4.98 Å². The molecule has 0 spiro atoms. The number of benzene rings is 1. The molecule has 0 N–H and O–H groups in total. The predicted molar refractivity (Wildman–Crippen MR) is 59.3 cm³/mol. The van der Waals surface area contributed by atoms with Crippen molar-refractivity contribution < 1.29 is 22.0 Å². The molecule has 1 aromatic carbocycles. The van der Waals surface area contributed by atoms with Crippen LogP contribution in [0.2, 0.25) is 0 Å². The Balaban J connectivity index is 2.71. The van der Waals surface area contributed by atoms with E-state index in [1.165, 1.54) is 6.92 Å². The highest BCUT2D eigenvalue weighted by molar-refractivity contribution is 5.68. The summed E-state index contributed by atoms with van der Waals surface area (Å²) in [5.41, 5.74) is -1.44. The molecule has 0 fully saturated rings. The topological polar surface area (TPSA) is 12.9 Å². The fourth-order valence-electron chi connectivity index (χ4n) is 1.71. The van der Waals surface area contributed by atoms with Gasteiger partial charge in [0.2, 0.25) is 0 Å². The van der Waals surface area contributed by atoms with Crippen LogP contribution in [-0.4, -0.2) is 4.98 Å². The van der Waals surface area contributed by atoms with E-state index in [4.69, 9.17) is 0 Å². The van der Waals surface area contributed by atoms with Crippen LogP contribution in [0.5, 0.6) is 0 Å². The first-order valence-electron chi connectivity index (χ1n) is 5.27. The quantitative estimate of drug-likeness (QED) is 0.704. The summed E-state index contributed by atoms with van der Waals surface area (Å²) in [5, 5.41) is 0. The number of hydrogen-bond acceptors (Lipinski definition) is 1. The van der Waals surface area contributed by atoms with Gasteiger partial charge < -0.3 is 0 Å². The van der Waals surface area contributed by atoms with Crippen LogP contribution in [-0.2, 0) is 6.18 Å². The van der Waals surface area contributed by atoms with Crippen molar-refractivity contribution in [3.05, 3.63) is 53.4 Å². The van der Waals surface area contributed by atoms with E-state index in [1.54, 1.807) is 0 Å². The highest BCUT2D eigenvalue weighted by Crippen LogP contribution is 2.38. The molecule has 0 unspecified atom stereocenters. The largest absolute Gasteiger partial charge is 0.417 e. The molecule has 1 aromatic heterocycles. The number of pyridine rings is 1. The smallest absolute Gasteiger partial charge is 0.261 e. The fourth-order valence-corrected chi connectivity index (χ4v) is 1.71. The van der Waals surface area contributed by atoms with E-state index in [0.717, 1.165) is 24.5 Å². The summed E-state index contributed by atoms with van der Waals surface area (Å²) in [6.07, 6.45) is -2.74. The lowest BCUT2D eigenvalue weighted by atomic mass is 9.98. The number of hydrogen-bond donors (Lipinski definition) is 0. The van der Waals surface area contributed by atoms with Gasteiger partial charge in [0, 0.05) is 11.8 Å². The number of aromatic nitrogens is 1. The second-order valence-electron chi connectivity index (χ2n) is 4.04. The number of halogens is 5. The number of nitrogens with zero attached hydrogens (tertiary/aromatic N) is 1. The molecule has 1 heterocycles. The molecule has 0 bridgehead atoms.